The van der Waals surface area contributed by atoms with Crippen molar-refractivity contribution in [1.29, 1.82) is 0 Å². The second-order valence-electron chi connectivity index (χ2n) is 7.16. The van der Waals surface area contributed by atoms with Gasteiger partial charge in [-0.05, 0) is 18.6 Å². The van der Waals surface area contributed by atoms with Crippen molar-refractivity contribution in [3.05, 3.63) is 79.2 Å². The van der Waals surface area contributed by atoms with E-state index in [4.69, 9.17) is 4.52 Å². The third kappa shape index (κ3) is 2.77. The van der Waals surface area contributed by atoms with Gasteiger partial charge in [0.25, 0.3) is 0 Å². The number of aryl methyl sites for hydroxylation is 1. The van der Waals surface area contributed by atoms with Gasteiger partial charge < -0.3 is 4.52 Å². The van der Waals surface area contributed by atoms with Gasteiger partial charge in [-0.1, -0.05) is 47.6 Å². The summed E-state index contributed by atoms with van der Waals surface area (Å²) in [4.78, 5) is 8.23. The van der Waals surface area contributed by atoms with Crippen LogP contribution in [0.3, 0.4) is 0 Å². The van der Waals surface area contributed by atoms with Crippen LogP contribution < -0.4 is 0 Å². The van der Waals surface area contributed by atoms with Crippen LogP contribution in [-0.4, -0.2) is 34.9 Å². The number of fused-ring (bicyclic) bond motifs is 3. The first-order chi connectivity index (χ1) is 15.3. The van der Waals surface area contributed by atoms with Crippen molar-refractivity contribution < 1.29 is 4.52 Å². The van der Waals surface area contributed by atoms with Crippen LogP contribution in [0.2, 0.25) is 0 Å². The van der Waals surface area contributed by atoms with Crippen molar-refractivity contribution in [3.63, 3.8) is 0 Å². The van der Waals surface area contributed by atoms with Gasteiger partial charge in [0.1, 0.15) is 17.8 Å². The minimum Gasteiger partial charge on any atom is -0.360 e. The number of nitrogens with zero attached hydrogens (tertiary/aromatic N) is 7. The van der Waals surface area contributed by atoms with Crippen LogP contribution in [0.25, 0.3) is 50.2 Å². The maximum atomic E-state index is 5.51. The summed E-state index contributed by atoms with van der Waals surface area (Å²) >= 11 is 0. The van der Waals surface area contributed by atoms with Crippen molar-refractivity contribution >= 4 is 16.4 Å². The number of rotatable bonds is 3. The molecule has 6 rings (SSSR count). The number of hydrogen-bond donors (Lipinski definition) is 0. The standard InChI is InChI=1S/C23H15N7O/c1-14-20(21(29-31-14)15-5-3-2-4-6-15)23-28-27-22-19-9-16(18-10-24-13-25-11-18)7-8-17(19)12-26-30(22)23/h2-13H,1H3. The quantitative estimate of drug-likeness (QED) is 0.431. The van der Waals surface area contributed by atoms with E-state index in [-0.39, 0.29) is 0 Å². The highest BCUT2D eigenvalue weighted by Crippen LogP contribution is 2.34. The van der Waals surface area contributed by atoms with E-state index in [0.717, 1.165) is 33.0 Å². The first kappa shape index (κ1) is 17.4. The Kier molecular flexibility index (Phi) is 3.82. The Morgan fingerprint density at radius 2 is 1.68 bits per heavy atom. The molecule has 0 amide bonds. The van der Waals surface area contributed by atoms with Crippen LogP contribution in [0.1, 0.15) is 5.76 Å². The molecule has 0 unspecified atom stereocenters. The Balaban J connectivity index is 1.58. The van der Waals surface area contributed by atoms with E-state index in [9.17, 15) is 0 Å². The average molecular weight is 405 g/mol. The van der Waals surface area contributed by atoms with Gasteiger partial charge >= 0.3 is 0 Å². The minimum absolute atomic E-state index is 0.586. The normalized spacial score (nSPS) is 11.4. The number of aromatic nitrogens is 7. The molecule has 0 atom stereocenters. The van der Waals surface area contributed by atoms with E-state index in [1.54, 1.807) is 16.9 Å². The molecule has 4 heterocycles. The zero-order valence-electron chi connectivity index (χ0n) is 16.5. The summed E-state index contributed by atoms with van der Waals surface area (Å²) in [6.07, 6.45) is 6.90. The largest absolute Gasteiger partial charge is 0.360 e. The SMILES string of the molecule is Cc1onc(-c2ccccc2)c1-c1nnc2c3cc(-c4cncnc4)ccc3cnn12. The van der Waals surface area contributed by atoms with Crippen LogP contribution >= 0.6 is 0 Å². The molecule has 6 aromatic rings. The lowest BCUT2D eigenvalue weighted by molar-refractivity contribution is 0.400. The van der Waals surface area contributed by atoms with Crippen molar-refractivity contribution in [2.24, 2.45) is 0 Å². The predicted molar refractivity (Wildman–Crippen MR) is 115 cm³/mol. The fraction of sp³-hybridized carbons (Fsp3) is 0.0435. The first-order valence-corrected chi connectivity index (χ1v) is 9.71. The molecule has 0 fully saturated rings. The molecule has 2 aromatic carbocycles. The zero-order valence-corrected chi connectivity index (χ0v) is 16.5. The third-order valence-electron chi connectivity index (χ3n) is 5.27. The zero-order chi connectivity index (χ0) is 20.8. The molecular weight excluding hydrogens is 390 g/mol. The molecule has 148 valence electrons. The molecule has 0 aliphatic carbocycles. The van der Waals surface area contributed by atoms with E-state index in [1.807, 2.05) is 55.6 Å². The Morgan fingerprint density at radius 3 is 2.52 bits per heavy atom. The molecule has 4 aromatic heterocycles. The molecule has 0 bridgehead atoms. The highest BCUT2D eigenvalue weighted by Gasteiger charge is 2.22. The maximum absolute atomic E-state index is 5.51. The second-order valence-corrected chi connectivity index (χ2v) is 7.16. The summed E-state index contributed by atoms with van der Waals surface area (Å²) in [7, 11) is 0. The molecule has 0 aliphatic rings. The van der Waals surface area contributed by atoms with Crippen LogP contribution in [0.15, 0.2) is 78.0 Å². The summed E-state index contributed by atoms with van der Waals surface area (Å²) in [5.74, 6) is 1.24. The third-order valence-corrected chi connectivity index (χ3v) is 5.27. The summed E-state index contributed by atoms with van der Waals surface area (Å²) in [5, 5.41) is 19.7. The first-order valence-electron chi connectivity index (χ1n) is 9.71. The van der Waals surface area contributed by atoms with E-state index in [1.165, 1.54) is 6.33 Å². The lowest BCUT2D eigenvalue weighted by atomic mass is 10.0. The molecule has 0 N–H and O–H groups in total. The summed E-state index contributed by atoms with van der Waals surface area (Å²) in [6.45, 7) is 1.87. The highest BCUT2D eigenvalue weighted by atomic mass is 16.5. The fourth-order valence-electron chi connectivity index (χ4n) is 3.75. The van der Waals surface area contributed by atoms with Gasteiger partial charge in [-0.25, -0.2) is 9.97 Å². The number of hydrogen-bond acceptors (Lipinski definition) is 7. The van der Waals surface area contributed by atoms with Gasteiger partial charge in [-0.15, -0.1) is 10.2 Å². The Hall–Kier alpha value is -4.46. The predicted octanol–water partition coefficient (Wildman–Crippen LogP) is 4.36. The molecule has 0 aliphatic heterocycles. The van der Waals surface area contributed by atoms with E-state index in [0.29, 0.717) is 22.9 Å². The Morgan fingerprint density at radius 1 is 0.839 bits per heavy atom. The molecule has 0 radical (unpaired) electrons. The molecule has 31 heavy (non-hydrogen) atoms. The summed E-state index contributed by atoms with van der Waals surface area (Å²) < 4.78 is 7.25. The van der Waals surface area contributed by atoms with Crippen molar-refractivity contribution in [2.75, 3.05) is 0 Å². The van der Waals surface area contributed by atoms with Gasteiger partial charge in [-0.2, -0.15) is 9.61 Å². The molecule has 8 nitrogen and oxygen atoms in total. The smallest absolute Gasteiger partial charge is 0.191 e. The van der Waals surface area contributed by atoms with Crippen molar-refractivity contribution in [2.45, 2.75) is 6.92 Å². The van der Waals surface area contributed by atoms with Crippen molar-refractivity contribution in [3.8, 4) is 33.8 Å². The van der Waals surface area contributed by atoms with E-state index < -0.39 is 0 Å². The fourth-order valence-corrected chi connectivity index (χ4v) is 3.75. The van der Waals surface area contributed by atoms with Gasteiger partial charge in [0.15, 0.2) is 11.5 Å². The lowest BCUT2D eigenvalue weighted by Crippen LogP contribution is -1.97. The topological polar surface area (TPSA) is 94.9 Å². The Bertz CT molecular complexity index is 1540. The molecule has 0 spiro atoms. The van der Waals surface area contributed by atoms with E-state index in [2.05, 4.69) is 36.5 Å². The lowest BCUT2D eigenvalue weighted by Gasteiger charge is -2.05. The summed E-state index contributed by atoms with van der Waals surface area (Å²) in [6, 6.07) is 16.0. The van der Waals surface area contributed by atoms with Gasteiger partial charge in [0.2, 0.25) is 0 Å². The van der Waals surface area contributed by atoms with E-state index >= 15 is 0 Å². The Labute approximate surface area is 176 Å². The molecular formula is C23H15N7O. The van der Waals surface area contributed by atoms with Gasteiger partial charge in [0, 0.05) is 34.3 Å². The van der Waals surface area contributed by atoms with Crippen LogP contribution in [-0.2, 0) is 0 Å². The van der Waals surface area contributed by atoms with Crippen LogP contribution in [0, 0.1) is 6.92 Å². The average Bonchev–Trinajstić information content (AvgIpc) is 3.43. The van der Waals surface area contributed by atoms with Crippen molar-refractivity contribution in [1.82, 2.24) is 34.9 Å². The van der Waals surface area contributed by atoms with Gasteiger partial charge in [0.05, 0.1) is 11.8 Å². The van der Waals surface area contributed by atoms with Crippen LogP contribution in [0.4, 0.5) is 0 Å². The highest BCUT2D eigenvalue weighted by molar-refractivity contribution is 5.96. The molecule has 0 saturated carbocycles. The van der Waals surface area contributed by atoms with Gasteiger partial charge in [-0.3, -0.25) is 0 Å². The summed E-state index contributed by atoms with van der Waals surface area (Å²) in [5.41, 5.74) is 5.02. The molecule has 8 heteroatoms. The minimum atomic E-state index is 0.586. The van der Waals surface area contributed by atoms with Crippen LogP contribution in [0.5, 0.6) is 0 Å². The number of benzene rings is 2. The maximum Gasteiger partial charge on any atom is 0.191 e. The molecule has 0 saturated heterocycles. The second kappa shape index (κ2) is 6.81. The monoisotopic (exact) mass is 405 g/mol.